The lowest BCUT2D eigenvalue weighted by molar-refractivity contribution is -0.148. The highest BCUT2D eigenvalue weighted by Gasteiger charge is 2.45. The summed E-state index contributed by atoms with van der Waals surface area (Å²) in [5, 5.41) is 15.0. The SMILES string of the molecule is CC1OCCC1CNC(=O)NC1CCCC1(C)C(=O)O. The lowest BCUT2D eigenvalue weighted by atomic mass is 9.85. The van der Waals surface area contributed by atoms with Crippen LogP contribution in [0.15, 0.2) is 0 Å². The van der Waals surface area contributed by atoms with E-state index in [2.05, 4.69) is 10.6 Å². The summed E-state index contributed by atoms with van der Waals surface area (Å²) in [6, 6.07) is -0.569. The van der Waals surface area contributed by atoms with Gasteiger partial charge in [0.05, 0.1) is 11.5 Å². The first-order chi connectivity index (χ1) is 9.43. The highest BCUT2D eigenvalue weighted by molar-refractivity contribution is 5.79. The predicted molar refractivity (Wildman–Crippen MR) is 73.4 cm³/mol. The third-order valence-electron chi connectivity index (χ3n) is 4.81. The van der Waals surface area contributed by atoms with E-state index in [9.17, 15) is 14.7 Å². The van der Waals surface area contributed by atoms with Crippen molar-refractivity contribution in [3.05, 3.63) is 0 Å². The standard InChI is InChI=1S/C14H24N2O4/c1-9-10(5-7-20-9)8-15-13(19)16-11-4-3-6-14(11,2)12(17)18/h9-11H,3-8H2,1-2H3,(H,17,18)(H2,15,16,19). The van der Waals surface area contributed by atoms with Gasteiger partial charge in [-0.05, 0) is 33.1 Å². The van der Waals surface area contributed by atoms with Crippen molar-refractivity contribution in [2.24, 2.45) is 11.3 Å². The number of carbonyl (C=O) groups excluding carboxylic acids is 1. The third kappa shape index (κ3) is 3.06. The summed E-state index contributed by atoms with van der Waals surface area (Å²) in [6.07, 6.45) is 3.30. The molecule has 2 amide bonds. The van der Waals surface area contributed by atoms with Crippen LogP contribution >= 0.6 is 0 Å². The molecule has 1 heterocycles. The van der Waals surface area contributed by atoms with Crippen molar-refractivity contribution in [2.75, 3.05) is 13.2 Å². The highest BCUT2D eigenvalue weighted by Crippen LogP contribution is 2.38. The van der Waals surface area contributed by atoms with Crippen molar-refractivity contribution < 1.29 is 19.4 Å². The van der Waals surface area contributed by atoms with Crippen LogP contribution in [0.3, 0.4) is 0 Å². The molecule has 2 rings (SSSR count). The van der Waals surface area contributed by atoms with E-state index in [1.165, 1.54) is 0 Å². The van der Waals surface area contributed by atoms with Gasteiger partial charge < -0.3 is 20.5 Å². The molecule has 114 valence electrons. The number of hydrogen-bond donors (Lipinski definition) is 3. The molecule has 6 nitrogen and oxygen atoms in total. The van der Waals surface area contributed by atoms with Gasteiger partial charge in [0.2, 0.25) is 0 Å². The van der Waals surface area contributed by atoms with E-state index < -0.39 is 11.4 Å². The van der Waals surface area contributed by atoms with Gasteiger partial charge in [-0.2, -0.15) is 0 Å². The van der Waals surface area contributed by atoms with Crippen molar-refractivity contribution in [1.29, 1.82) is 0 Å². The minimum Gasteiger partial charge on any atom is -0.481 e. The zero-order valence-corrected chi connectivity index (χ0v) is 12.1. The van der Waals surface area contributed by atoms with Crippen LogP contribution in [0.25, 0.3) is 0 Å². The fourth-order valence-electron chi connectivity index (χ4n) is 3.13. The van der Waals surface area contributed by atoms with Crippen LogP contribution < -0.4 is 10.6 Å². The van der Waals surface area contributed by atoms with Gasteiger partial charge in [-0.25, -0.2) is 4.79 Å². The normalized spacial score (nSPS) is 36.8. The first-order valence-electron chi connectivity index (χ1n) is 7.33. The number of hydrogen-bond acceptors (Lipinski definition) is 3. The van der Waals surface area contributed by atoms with Crippen molar-refractivity contribution in [3.8, 4) is 0 Å². The van der Waals surface area contributed by atoms with Crippen LogP contribution in [0.5, 0.6) is 0 Å². The zero-order chi connectivity index (χ0) is 14.8. The Morgan fingerprint density at radius 1 is 1.40 bits per heavy atom. The Labute approximate surface area is 119 Å². The van der Waals surface area contributed by atoms with E-state index in [-0.39, 0.29) is 18.2 Å². The average Bonchev–Trinajstić information content (AvgIpc) is 2.95. The summed E-state index contributed by atoms with van der Waals surface area (Å²) >= 11 is 0. The monoisotopic (exact) mass is 284 g/mol. The van der Waals surface area contributed by atoms with Gasteiger partial charge in [0.25, 0.3) is 0 Å². The third-order valence-corrected chi connectivity index (χ3v) is 4.81. The second-order valence-electron chi connectivity index (χ2n) is 6.15. The summed E-state index contributed by atoms with van der Waals surface area (Å²) in [4.78, 5) is 23.3. The molecular weight excluding hydrogens is 260 g/mol. The molecule has 1 saturated carbocycles. The molecule has 0 aromatic carbocycles. The molecule has 4 atom stereocenters. The molecule has 1 aliphatic heterocycles. The van der Waals surface area contributed by atoms with Crippen LogP contribution in [0, 0.1) is 11.3 Å². The Balaban J connectivity index is 1.81. The van der Waals surface area contributed by atoms with E-state index in [1.807, 2.05) is 6.92 Å². The molecule has 0 radical (unpaired) electrons. The molecule has 6 heteroatoms. The Hall–Kier alpha value is -1.30. The lowest BCUT2D eigenvalue weighted by Gasteiger charge is -2.28. The fraction of sp³-hybridized carbons (Fsp3) is 0.857. The maximum atomic E-state index is 11.9. The Bertz CT molecular complexity index is 387. The van der Waals surface area contributed by atoms with Crippen LogP contribution in [0.2, 0.25) is 0 Å². The first kappa shape index (κ1) is 15.1. The Kier molecular flexibility index (Phi) is 4.52. The summed E-state index contributed by atoms with van der Waals surface area (Å²) in [5.74, 6) is -0.492. The van der Waals surface area contributed by atoms with E-state index in [1.54, 1.807) is 6.92 Å². The number of rotatable bonds is 4. The maximum Gasteiger partial charge on any atom is 0.315 e. The second-order valence-corrected chi connectivity index (χ2v) is 6.15. The molecule has 0 bridgehead atoms. The van der Waals surface area contributed by atoms with E-state index in [0.717, 1.165) is 25.9 Å². The molecule has 2 aliphatic rings. The molecule has 1 saturated heterocycles. The van der Waals surface area contributed by atoms with Crippen molar-refractivity contribution in [2.45, 2.75) is 51.7 Å². The number of carboxylic acids is 1. The minimum atomic E-state index is -0.846. The first-order valence-corrected chi connectivity index (χ1v) is 7.33. The van der Waals surface area contributed by atoms with Crippen LogP contribution in [0.4, 0.5) is 4.79 Å². The molecule has 2 fully saturated rings. The highest BCUT2D eigenvalue weighted by atomic mass is 16.5. The summed E-state index contributed by atoms with van der Waals surface area (Å²) in [6.45, 7) is 5.04. The summed E-state index contributed by atoms with van der Waals surface area (Å²) < 4.78 is 5.45. The molecule has 3 N–H and O–H groups in total. The number of nitrogens with one attached hydrogen (secondary N) is 2. The van der Waals surface area contributed by atoms with Gasteiger partial charge in [0, 0.05) is 25.1 Å². The number of carboxylic acid groups (broad SMARTS) is 1. The number of amides is 2. The molecule has 1 aliphatic carbocycles. The molecule has 0 aromatic heterocycles. The Morgan fingerprint density at radius 3 is 2.75 bits per heavy atom. The van der Waals surface area contributed by atoms with Gasteiger partial charge in [-0.3, -0.25) is 4.79 Å². The van der Waals surface area contributed by atoms with Gasteiger partial charge in [0.15, 0.2) is 0 Å². The smallest absolute Gasteiger partial charge is 0.315 e. The van der Waals surface area contributed by atoms with Crippen molar-refractivity contribution in [3.63, 3.8) is 0 Å². The number of urea groups is 1. The molecule has 0 aromatic rings. The Morgan fingerprint density at radius 2 is 2.15 bits per heavy atom. The van der Waals surface area contributed by atoms with Crippen LogP contribution in [-0.2, 0) is 9.53 Å². The molecule has 4 unspecified atom stereocenters. The maximum absolute atomic E-state index is 11.9. The second kappa shape index (κ2) is 5.99. The minimum absolute atomic E-state index is 0.172. The van der Waals surface area contributed by atoms with Gasteiger partial charge in [0.1, 0.15) is 0 Å². The number of aliphatic carboxylic acids is 1. The van der Waals surface area contributed by atoms with E-state index in [4.69, 9.17) is 4.74 Å². The van der Waals surface area contributed by atoms with E-state index in [0.29, 0.717) is 18.9 Å². The fourth-order valence-corrected chi connectivity index (χ4v) is 3.13. The number of carbonyl (C=O) groups is 2. The van der Waals surface area contributed by atoms with Gasteiger partial charge >= 0.3 is 12.0 Å². The topological polar surface area (TPSA) is 87.7 Å². The zero-order valence-electron chi connectivity index (χ0n) is 12.1. The predicted octanol–water partition coefficient (Wildman–Crippen LogP) is 1.35. The van der Waals surface area contributed by atoms with E-state index >= 15 is 0 Å². The van der Waals surface area contributed by atoms with Crippen LogP contribution in [0.1, 0.15) is 39.5 Å². The van der Waals surface area contributed by atoms with Crippen molar-refractivity contribution in [1.82, 2.24) is 10.6 Å². The average molecular weight is 284 g/mol. The van der Waals surface area contributed by atoms with Crippen LogP contribution in [-0.4, -0.2) is 42.4 Å². The lowest BCUT2D eigenvalue weighted by Crippen LogP contribution is -2.51. The summed E-state index contributed by atoms with van der Waals surface area (Å²) in [7, 11) is 0. The van der Waals surface area contributed by atoms with Gasteiger partial charge in [-0.15, -0.1) is 0 Å². The largest absolute Gasteiger partial charge is 0.481 e. The molecule has 20 heavy (non-hydrogen) atoms. The number of ether oxygens (including phenoxy) is 1. The van der Waals surface area contributed by atoms with Crippen molar-refractivity contribution >= 4 is 12.0 Å². The van der Waals surface area contributed by atoms with Gasteiger partial charge in [-0.1, -0.05) is 6.42 Å². The quantitative estimate of drug-likeness (QED) is 0.727. The summed E-state index contributed by atoms with van der Waals surface area (Å²) in [5.41, 5.74) is -0.846. The molecule has 0 spiro atoms. The molecular formula is C14H24N2O4.